The molecule has 0 bridgehead atoms. The highest BCUT2D eigenvalue weighted by Gasteiger charge is 2.33. The SMILES string of the molecule is CC(=O)SC[C@@H](C)C(=O)N1[C@@H](C)CC[C@@H]1C. The summed E-state index contributed by atoms with van der Waals surface area (Å²) in [5, 5.41) is 0.0853. The molecule has 1 saturated heterocycles. The molecule has 92 valence electrons. The van der Waals surface area contributed by atoms with Crippen molar-refractivity contribution in [3.8, 4) is 0 Å². The van der Waals surface area contributed by atoms with Crippen molar-refractivity contribution >= 4 is 22.8 Å². The van der Waals surface area contributed by atoms with Gasteiger partial charge in [-0.15, -0.1) is 0 Å². The highest BCUT2D eigenvalue weighted by atomic mass is 32.2. The normalized spacial score (nSPS) is 26.9. The van der Waals surface area contributed by atoms with Crippen LogP contribution in [0.4, 0.5) is 0 Å². The first-order chi connectivity index (χ1) is 7.43. The molecule has 1 amide bonds. The molecule has 0 saturated carbocycles. The fourth-order valence-corrected chi connectivity index (χ4v) is 2.82. The lowest BCUT2D eigenvalue weighted by atomic mass is 10.1. The van der Waals surface area contributed by atoms with Gasteiger partial charge in [-0.25, -0.2) is 0 Å². The lowest BCUT2D eigenvalue weighted by Crippen LogP contribution is -2.42. The van der Waals surface area contributed by atoms with Gasteiger partial charge in [0, 0.05) is 30.7 Å². The Morgan fingerprint density at radius 3 is 2.25 bits per heavy atom. The van der Waals surface area contributed by atoms with Gasteiger partial charge in [0.25, 0.3) is 0 Å². The van der Waals surface area contributed by atoms with Crippen LogP contribution in [-0.2, 0) is 9.59 Å². The van der Waals surface area contributed by atoms with Crippen molar-refractivity contribution in [1.82, 2.24) is 4.90 Å². The van der Waals surface area contributed by atoms with Crippen molar-refractivity contribution < 1.29 is 9.59 Å². The third kappa shape index (κ3) is 3.24. The summed E-state index contributed by atoms with van der Waals surface area (Å²) in [6.07, 6.45) is 2.19. The number of hydrogen-bond acceptors (Lipinski definition) is 3. The van der Waals surface area contributed by atoms with Crippen LogP contribution in [0.3, 0.4) is 0 Å². The molecular formula is C12H21NO2S. The minimum atomic E-state index is -0.0584. The summed E-state index contributed by atoms with van der Waals surface area (Å²) in [5.74, 6) is 0.743. The molecule has 1 aliphatic heterocycles. The second kappa shape index (κ2) is 5.71. The molecule has 0 unspecified atom stereocenters. The molecule has 1 fully saturated rings. The summed E-state index contributed by atoms with van der Waals surface area (Å²) in [5.41, 5.74) is 0. The van der Waals surface area contributed by atoms with Crippen molar-refractivity contribution in [2.45, 2.75) is 52.6 Å². The molecule has 1 aliphatic rings. The molecule has 3 atom stereocenters. The third-order valence-corrected chi connectivity index (χ3v) is 4.24. The van der Waals surface area contributed by atoms with Crippen LogP contribution in [0.5, 0.6) is 0 Å². The van der Waals surface area contributed by atoms with E-state index in [4.69, 9.17) is 0 Å². The Hall–Kier alpha value is -0.510. The first-order valence-electron chi connectivity index (χ1n) is 5.89. The van der Waals surface area contributed by atoms with Gasteiger partial charge in [-0.2, -0.15) is 0 Å². The summed E-state index contributed by atoms with van der Waals surface area (Å²) in [6, 6.07) is 0.708. The molecule has 0 aromatic carbocycles. The maximum atomic E-state index is 12.2. The smallest absolute Gasteiger partial charge is 0.226 e. The van der Waals surface area contributed by atoms with E-state index in [0.717, 1.165) is 12.8 Å². The molecule has 0 radical (unpaired) electrons. The third-order valence-electron chi connectivity index (χ3n) is 3.16. The number of likely N-dealkylation sites (tertiary alicyclic amines) is 1. The van der Waals surface area contributed by atoms with Crippen LogP contribution in [0, 0.1) is 5.92 Å². The minimum absolute atomic E-state index is 0.0584. The zero-order valence-electron chi connectivity index (χ0n) is 10.5. The summed E-state index contributed by atoms with van der Waals surface area (Å²) < 4.78 is 0. The first-order valence-corrected chi connectivity index (χ1v) is 6.87. The molecule has 1 rings (SSSR count). The van der Waals surface area contributed by atoms with Crippen molar-refractivity contribution in [2.75, 3.05) is 5.75 Å². The second-order valence-corrected chi connectivity index (χ2v) is 5.92. The van der Waals surface area contributed by atoms with Gasteiger partial charge in [0.15, 0.2) is 5.12 Å². The van der Waals surface area contributed by atoms with E-state index in [1.807, 2.05) is 11.8 Å². The molecule has 1 heterocycles. The molecule has 0 aromatic heterocycles. The number of amides is 1. The highest BCUT2D eigenvalue weighted by molar-refractivity contribution is 8.13. The minimum Gasteiger partial charge on any atom is -0.337 e. The zero-order chi connectivity index (χ0) is 12.3. The van der Waals surface area contributed by atoms with Crippen molar-refractivity contribution in [3.63, 3.8) is 0 Å². The monoisotopic (exact) mass is 243 g/mol. The molecule has 0 aliphatic carbocycles. The van der Waals surface area contributed by atoms with E-state index in [2.05, 4.69) is 13.8 Å². The van der Waals surface area contributed by atoms with E-state index in [1.165, 1.54) is 11.8 Å². The van der Waals surface area contributed by atoms with Gasteiger partial charge in [0.1, 0.15) is 0 Å². The molecule has 16 heavy (non-hydrogen) atoms. The van der Waals surface area contributed by atoms with E-state index in [1.54, 1.807) is 6.92 Å². The fourth-order valence-electron chi connectivity index (χ4n) is 2.20. The number of nitrogens with zero attached hydrogens (tertiary/aromatic N) is 1. The fraction of sp³-hybridized carbons (Fsp3) is 0.833. The van der Waals surface area contributed by atoms with Crippen molar-refractivity contribution in [1.29, 1.82) is 0 Å². The zero-order valence-corrected chi connectivity index (χ0v) is 11.3. The van der Waals surface area contributed by atoms with E-state index < -0.39 is 0 Å². The standard InChI is InChI=1S/C12H21NO2S/c1-8(7-16-11(4)14)12(15)13-9(2)5-6-10(13)3/h8-10H,5-7H2,1-4H3/t8-,9+,10+/m1/s1. The van der Waals surface area contributed by atoms with E-state index >= 15 is 0 Å². The van der Waals surface area contributed by atoms with Gasteiger partial charge in [-0.3, -0.25) is 9.59 Å². The number of rotatable bonds is 3. The van der Waals surface area contributed by atoms with Gasteiger partial charge in [-0.1, -0.05) is 18.7 Å². The quantitative estimate of drug-likeness (QED) is 0.763. The van der Waals surface area contributed by atoms with Crippen LogP contribution in [0.25, 0.3) is 0 Å². The predicted molar refractivity (Wildman–Crippen MR) is 67.3 cm³/mol. The van der Waals surface area contributed by atoms with Crippen LogP contribution in [0.2, 0.25) is 0 Å². The van der Waals surface area contributed by atoms with Crippen LogP contribution in [-0.4, -0.2) is 33.8 Å². The maximum Gasteiger partial charge on any atom is 0.226 e. The molecule has 0 spiro atoms. The number of thioether (sulfide) groups is 1. The summed E-state index contributed by atoms with van der Waals surface area (Å²) in [4.78, 5) is 25.0. The average molecular weight is 243 g/mol. The topological polar surface area (TPSA) is 37.4 Å². The number of hydrogen-bond donors (Lipinski definition) is 0. The van der Waals surface area contributed by atoms with Crippen molar-refractivity contribution in [3.05, 3.63) is 0 Å². The largest absolute Gasteiger partial charge is 0.337 e. The van der Waals surface area contributed by atoms with E-state index in [-0.39, 0.29) is 16.9 Å². The molecule has 3 nitrogen and oxygen atoms in total. The Kier molecular flexibility index (Phi) is 4.84. The number of carbonyl (C=O) groups is 2. The van der Waals surface area contributed by atoms with E-state index in [0.29, 0.717) is 17.8 Å². The summed E-state index contributed by atoms with van der Waals surface area (Å²) in [6.45, 7) is 7.66. The van der Waals surface area contributed by atoms with Crippen LogP contribution in [0.1, 0.15) is 40.5 Å². The van der Waals surface area contributed by atoms with Gasteiger partial charge < -0.3 is 4.90 Å². The van der Waals surface area contributed by atoms with Crippen molar-refractivity contribution in [2.24, 2.45) is 5.92 Å². The number of carbonyl (C=O) groups excluding carboxylic acids is 2. The molecule has 4 heteroatoms. The molecule has 0 N–H and O–H groups in total. The predicted octanol–water partition coefficient (Wildman–Crippen LogP) is 2.30. The Morgan fingerprint density at radius 1 is 1.31 bits per heavy atom. The van der Waals surface area contributed by atoms with Gasteiger partial charge in [-0.05, 0) is 26.7 Å². The second-order valence-electron chi connectivity index (χ2n) is 4.72. The maximum absolute atomic E-state index is 12.2. The lowest BCUT2D eigenvalue weighted by molar-refractivity contribution is -0.136. The Labute approximate surface area is 102 Å². The molecular weight excluding hydrogens is 222 g/mol. The highest BCUT2D eigenvalue weighted by Crippen LogP contribution is 2.26. The van der Waals surface area contributed by atoms with Gasteiger partial charge in [0.05, 0.1) is 0 Å². The van der Waals surface area contributed by atoms with E-state index in [9.17, 15) is 9.59 Å². The molecule has 0 aromatic rings. The van der Waals surface area contributed by atoms with Gasteiger partial charge in [0.2, 0.25) is 5.91 Å². The first kappa shape index (κ1) is 13.6. The summed E-state index contributed by atoms with van der Waals surface area (Å²) >= 11 is 1.24. The van der Waals surface area contributed by atoms with Crippen LogP contribution < -0.4 is 0 Å². The Balaban J connectivity index is 2.52. The summed E-state index contributed by atoms with van der Waals surface area (Å²) in [7, 11) is 0. The van der Waals surface area contributed by atoms with Gasteiger partial charge >= 0.3 is 0 Å². The van der Waals surface area contributed by atoms with Crippen LogP contribution >= 0.6 is 11.8 Å². The Morgan fingerprint density at radius 2 is 1.81 bits per heavy atom. The Bertz CT molecular complexity index is 270. The average Bonchev–Trinajstić information content (AvgIpc) is 2.54. The van der Waals surface area contributed by atoms with Crippen LogP contribution in [0.15, 0.2) is 0 Å². The lowest BCUT2D eigenvalue weighted by Gasteiger charge is -2.29.